The predicted octanol–water partition coefficient (Wildman–Crippen LogP) is 4.50. The molecule has 0 fully saturated rings. The summed E-state index contributed by atoms with van der Waals surface area (Å²) in [6.45, 7) is 0.185. The fourth-order valence-electron chi connectivity index (χ4n) is 2.49. The van der Waals surface area contributed by atoms with E-state index in [0.717, 1.165) is 16.3 Å². The highest BCUT2D eigenvalue weighted by Crippen LogP contribution is 2.19. The molecule has 0 N–H and O–H groups in total. The summed E-state index contributed by atoms with van der Waals surface area (Å²) < 4.78 is 5.29. The molecule has 25 heavy (non-hydrogen) atoms. The number of rotatable bonds is 5. The first-order chi connectivity index (χ1) is 12.1. The van der Waals surface area contributed by atoms with Crippen LogP contribution in [-0.2, 0) is 16.1 Å². The van der Waals surface area contributed by atoms with Gasteiger partial charge in [0.2, 0.25) is 0 Å². The van der Waals surface area contributed by atoms with Crippen molar-refractivity contribution in [3.05, 3.63) is 94.0 Å². The van der Waals surface area contributed by atoms with Crippen molar-refractivity contribution in [2.24, 2.45) is 0 Å². The summed E-state index contributed by atoms with van der Waals surface area (Å²) >= 11 is 0. The quantitative estimate of drug-likeness (QED) is 0.298. The smallest absolute Gasteiger partial charge is 0.331 e. The van der Waals surface area contributed by atoms with Crippen LogP contribution >= 0.6 is 0 Å². The van der Waals surface area contributed by atoms with Crippen molar-refractivity contribution < 1.29 is 14.5 Å². The first kappa shape index (κ1) is 16.4. The van der Waals surface area contributed by atoms with E-state index in [1.807, 2.05) is 42.5 Å². The van der Waals surface area contributed by atoms with Gasteiger partial charge < -0.3 is 4.74 Å². The molecule has 0 aliphatic heterocycles. The summed E-state index contributed by atoms with van der Waals surface area (Å²) in [6, 6.07) is 19.7. The number of nitrogens with zero attached hydrogens (tertiary/aromatic N) is 1. The zero-order valence-corrected chi connectivity index (χ0v) is 13.3. The molecule has 0 saturated carbocycles. The van der Waals surface area contributed by atoms with E-state index in [0.29, 0.717) is 5.56 Å². The van der Waals surface area contributed by atoms with Crippen LogP contribution in [0.25, 0.3) is 16.8 Å². The lowest BCUT2D eigenvalue weighted by Crippen LogP contribution is -2.01. The van der Waals surface area contributed by atoms with Gasteiger partial charge >= 0.3 is 5.97 Å². The molecular formula is C20H15NO4. The highest BCUT2D eigenvalue weighted by atomic mass is 16.6. The Bertz CT molecular complexity index is 940. The van der Waals surface area contributed by atoms with Gasteiger partial charge in [0.15, 0.2) is 0 Å². The SMILES string of the molecule is O=C(/C=C/c1ccc([N+](=O)[O-])cc1)OCc1cccc2ccccc12. The summed E-state index contributed by atoms with van der Waals surface area (Å²) in [6.07, 6.45) is 2.88. The van der Waals surface area contributed by atoms with Crippen LogP contribution in [-0.4, -0.2) is 10.9 Å². The number of benzene rings is 3. The summed E-state index contributed by atoms with van der Waals surface area (Å²) in [5, 5.41) is 12.8. The standard InChI is InChI=1S/C20H15NO4/c22-20(13-10-15-8-11-18(12-9-15)21(23)24)25-14-17-6-3-5-16-4-1-2-7-19(16)17/h1-13H,14H2/b13-10+. The number of carbonyl (C=O) groups excluding carboxylic acids is 1. The van der Waals surface area contributed by atoms with Crippen LogP contribution in [0, 0.1) is 10.1 Å². The Hall–Kier alpha value is -3.47. The molecule has 0 saturated heterocycles. The number of hydrogen-bond acceptors (Lipinski definition) is 4. The lowest BCUT2D eigenvalue weighted by atomic mass is 10.1. The Morgan fingerprint density at radius 2 is 1.72 bits per heavy atom. The first-order valence-electron chi connectivity index (χ1n) is 7.69. The highest BCUT2D eigenvalue weighted by molar-refractivity contribution is 5.88. The summed E-state index contributed by atoms with van der Waals surface area (Å²) in [5.74, 6) is -0.466. The zero-order chi connectivity index (χ0) is 17.6. The van der Waals surface area contributed by atoms with E-state index < -0.39 is 10.9 Å². The fraction of sp³-hybridized carbons (Fsp3) is 0.0500. The van der Waals surface area contributed by atoms with Gasteiger partial charge in [0.1, 0.15) is 6.61 Å². The molecule has 0 spiro atoms. The summed E-state index contributed by atoms with van der Waals surface area (Å²) in [4.78, 5) is 22.0. The first-order valence-corrected chi connectivity index (χ1v) is 7.69. The van der Waals surface area contributed by atoms with Crippen molar-refractivity contribution in [3.63, 3.8) is 0 Å². The van der Waals surface area contributed by atoms with Gasteiger partial charge in [-0.25, -0.2) is 4.79 Å². The maximum Gasteiger partial charge on any atom is 0.331 e. The van der Waals surface area contributed by atoms with Crippen LogP contribution in [0.4, 0.5) is 5.69 Å². The number of fused-ring (bicyclic) bond motifs is 1. The average molecular weight is 333 g/mol. The van der Waals surface area contributed by atoms with Crippen molar-refractivity contribution in [2.75, 3.05) is 0 Å². The van der Waals surface area contributed by atoms with Crippen LogP contribution in [0.2, 0.25) is 0 Å². The third-order valence-electron chi connectivity index (χ3n) is 3.77. The molecule has 0 atom stereocenters. The highest BCUT2D eigenvalue weighted by Gasteiger charge is 2.05. The number of non-ortho nitro benzene ring substituents is 1. The number of ether oxygens (including phenoxy) is 1. The maximum atomic E-state index is 11.9. The molecule has 5 nitrogen and oxygen atoms in total. The van der Waals surface area contributed by atoms with Crippen molar-refractivity contribution in [2.45, 2.75) is 6.61 Å². The predicted molar refractivity (Wildman–Crippen MR) is 95.9 cm³/mol. The van der Waals surface area contributed by atoms with Gasteiger partial charge in [-0.05, 0) is 40.1 Å². The molecule has 0 aromatic heterocycles. The second kappa shape index (κ2) is 7.40. The normalized spacial score (nSPS) is 10.9. The van der Waals surface area contributed by atoms with Crippen molar-refractivity contribution in [1.29, 1.82) is 0 Å². The van der Waals surface area contributed by atoms with E-state index in [1.165, 1.54) is 18.2 Å². The Labute approximate surface area is 144 Å². The van der Waals surface area contributed by atoms with Crippen molar-refractivity contribution in [1.82, 2.24) is 0 Å². The summed E-state index contributed by atoms with van der Waals surface area (Å²) in [7, 11) is 0. The fourth-order valence-corrected chi connectivity index (χ4v) is 2.49. The van der Waals surface area contributed by atoms with Gasteiger partial charge in [0.25, 0.3) is 5.69 Å². The van der Waals surface area contributed by atoms with E-state index >= 15 is 0 Å². The Morgan fingerprint density at radius 3 is 2.48 bits per heavy atom. The molecule has 3 rings (SSSR count). The lowest BCUT2D eigenvalue weighted by molar-refractivity contribution is -0.384. The van der Waals surface area contributed by atoms with Gasteiger partial charge in [0.05, 0.1) is 4.92 Å². The van der Waals surface area contributed by atoms with E-state index in [-0.39, 0.29) is 12.3 Å². The molecule has 5 heteroatoms. The van der Waals surface area contributed by atoms with Gasteiger partial charge in [-0.15, -0.1) is 0 Å². The molecule has 0 bridgehead atoms. The molecule has 0 unspecified atom stereocenters. The molecule has 0 aliphatic rings. The van der Waals surface area contributed by atoms with Crippen LogP contribution in [0.1, 0.15) is 11.1 Å². The maximum absolute atomic E-state index is 11.9. The van der Waals surface area contributed by atoms with Crippen molar-refractivity contribution >= 4 is 28.5 Å². The second-order valence-corrected chi connectivity index (χ2v) is 5.43. The molecule has 124 valence electrons. The number of esters is 1. The largest absolute Gasteiger partial charge is 0.458 e. The third kappa shape index (κ3) is 4.09. The Balaban J connectivity index is 1.63. The topological polar surface area (TPSA) is 69.4 Å². The van der Waals surface area contributed by atoms with Crippen LogP contribution in [0.15, 0.2) is 72.8 Å². The second-order valence-electron chi connectivity index (χ2n) is 5.43. The molecule has 3 aromatic rings. The van der Waals surface area contributed by atoms with E-state index in [9.17, 15) is 14.9 Å². The Morgan fingerprint density at radius 1 is 1.00 bits per heavy atom. The van der Waals surface area contributed by atoms with E-state index in [2.05, 4.69) is 0 Å². The van der Waals surface area contributed by atoms with Gasteiger partial charge in [-0.3, -0.25) is 10.1 Å². The molecule has 0 radical (unpaired) electrons. The number of carbonyl (C=O) groups is 1. The van der Waals surface area contributed by atoms with Gasteiger partial charge in [-0.2, -0.15) is 0 Å². The van der Waals surface area contributed by atoms with Gasteiger partial charge in [-0.1, -0.05) is 42.5 Å². The molecule has 0 heterocycles. The zero-order valence-electron chi connectivity index (χ0n) is 13.3. The van der Waals surface area contributed by atoms with Crippen LogP contribution in [0.5, 0.6) is 0 Å². The van der Waals surface area contributed by atoms with E-state index in [4.69, 9.17) is 4.74 Å². The monoisotopic (exact) mass is 333 g/mol. The minimum Gasteiger partial charge on any atom is -0.458 e. The summed E-state index contributed by atoms with van der Waals surface area (Å²) in [5.41, 5.74) is 1.64. The molecular weight excluding hydrogens is 318 g/mol. The average Bonchev–Trinajstić information content (AvgIpc) is 2.65. The third-order valence-corrected chi connectivity index (χ3v) is 3.77. The lowest BCUT2D eigenvalue weighted by Gasteiger charge is -2.06. The Kier molecular flexibility index (Phi) is 4.85. The van der Waals surface area contributed by atoms with Crippen LogP contribution < -0.4 is 0 Å². The molecule has 0 amide bonds. The van der Waals surface area contributed by atoms with Crippen molar-refractivity contribution in [3.8, 4) is 0 Å². The minimum atomic E-state index is -0.466. The number of nitro benzene ring substituents is 1. The van der Waals surface area contributed by atoms with Crippen LogP contribution in [0.3, 0.4) is 0 Å². The molecule has 3 aromatic carbocycles. The number of nitro groups is 1. The van der Waals surface area contributed by atoms with E-state index in [1.54, 1.807) is 18.2 Å². The molecule has 0 aliphatic carbocycles. The van der Waals surface area contributed by atoms with Gasteiger partial charge in [0, 0.05) is 18.2 Å². The number of hydrogen-bond donors (Lipinski definition) is 0. The minimum absolute atomic E-state index is 0.00989.